The third kappa shape index (κ3) is 4.08. The third-order valence-electron chi connectivity index (χ3n) is 3.27. The van der Waals surface area contributed by atoms with Gasteiger partial charge in [-0.1, -0.05) is 18.2 Å². The average Bonchev–Trinajstić information content (AvgIpc) is 2.40. The van der Waals surface area contributed by atoms with E-state index < -0.39 is 10.0 Å². The summed E-state index contributed by atoms with van der Waals surface area (Å²) >= 11 is 0. The zero-order chi connectivity index (χ0) is 16.3. The highest BCUT2D eigenvalue weighted by atomic mass is 32.2. The van der Waals surface area contributed by atoms with Crippen molar-refractivity contribution < 1.29 is 13.2 Å². The van der Waals surface area contributed by atoms with Gasteiger partial charge in [0.25, 0.3) is 5.91 Å². The fourth-order valence-electron chi connectivity index (χ4n) is 2.07. The summed E-state index contributed by atoms with van der Waals surface area (Å²) in [6.07, 6.45) is 1.08. The summed E-state index contributed by atoms with van der Waals surface area (Å²) in [4.78, 5) is 12.3. The van der Waals surface area contributed by atoms with Gasteiger partial charge in [-0.15, -0.1) is 0 Å². The summed E-state index contributed by atoms with van der Waals surface area (Å²) in [6.45, 7) is 3.84. The van der Waals surface area contributed by atoms with Crippen LogP contribution in [0.15, 0.2) is 42.5 Å². The van der Waals surface area contributed by atoms with Crippen LogP contribution in [-0.4, -0.2) is 20.6 Å². The first-order valence-corrected chi connectivity index (χ1v) is 8.61. The molecule has 0 radical (unpaired) electrons. The molecule has 0 saturated heterocycles. The van der Waals surface area contributed by atoms with Gasteiger partial charge < -0.3 is 5.32 Å². The third-order valence-corrected chi connectivity index (χ3v) is 3.88. The standard InChI is InChI=1S/C16H18N2O3S/c1-11-6-4-9-15(12(11)2)16(19)17-13-7-5-8-14(10-13)18-22(3,20)21/h4-10,18H,1-3H3,(H,17,19). The predicted octanol–water partition coefficient (Wildman–Crippen LogP) is 2.93. The quantitative estimate of drug-likeness (QED) is 0.910. The summed E-state index contributed by atoms with van der Waals surface area (Å²) in [5.74, 6) is -0.224. The number of anilines is 2. The highest BCUT2D eigenvalue weighted by Crippen LogP contribution is 2.19. The number of aryl methyl sites for hydroxylation is 1. The van der Waals surface area contributed by atoms with Gasteiger partial charge in [-0.3, -0.25) is 9.52 Å². The Labute approximate surface area is 130 Å². The Morgan fingerprint density at radius 1 is 1.00 bits per heavy atom. The summed E-state index contributed by atoms with van der Waals surface area (Å²) in [5, 5.41) is 2.78. The topological polar surface area (TPSA) is 75.3 Å². The second kappa shape index (κ2) is 6.19. The van der Waals surface area contributed by atoms with E-state index in [1.54, 1.807) is 30.3 Å². The molecule has 0 saturated carbocycles. The Morgan fingerprint density at radius 2 is 1.64 bits per heavy atom. The summed E-state index contributed by atoms with van der Waals surface area (Å²) in [5.41, 5.74) is 3.49. The van der Waals surface area contributed by atoms with Gasteiger partial charge in [0, 0.05) is 11.3 Å². The van der Waals surface area contributed by atoms with E-state index in [1.165, 1.54) is 0 Å². The van der Waals surface area contributed by atoms with Gasteiger partial charge >= 0.3 is 0 Å². The van der Waals surface area contributed by atoms with E-state index in [1.807, 2.05) is 26.0 Å². The van der Waals surface area contributed by atoms with Crippen LogP contribution in [0, 0.1) is 13.8 Å². The van der Waals surface area contributed by atoms with Crippen molar-refractivity contribution in [1.29, 1.82) is 0 Å². The molecule has 0 atom stereocenters. The number of rotatable bonds is 4. The van der Waals surface area contributed by atoms with Gasteiger partial charge in [-0.2, -0.15) is 0 Å². The Bertz CT molecular complexity index is 814. The van der Waals surface area contributed by atoms with Crippen LogP contribution in [0.1, 0.15) is 21.5 Å². The molecule has 22 heavy (non-hydrogen) atoms. The van der Waals surface area contributed by atoms with Crippen molar-refractivity contribution in [1.82, 2.24) is 0 Å². The second-order valence-electron chi connectivity index (χ2n) is 5.16. The number of hydrogen-bond acceptors (Lipinski definition) is 3. The summed E-state index contributed by atoms with van der Waals surface area (Å²) in [7, 11) is -3.35. The van der Waals surface area contributed by atoms with Crippen LogP contribution < -0.4 is 10.0 Å². The maximum Gasteiger partial charge on any atom is 0.255 e. The van der Waals surface area contributed by atoms with Crippen molar-refractivity contribution in [3.63, 3.8) is 0 Å². The number of benzene rings is 2. The first-order valence-electron chi connectivity index (χ1n) is 6.72. The highest BCUT2D eigenvalue weighted by Gasteiger charge is 2.11. The van der Waals surface area contributed by atoms with E-state index in [2.05, 4.69) is 10.0 Å². The molecule has 0 heterocycles. The van der Waals surface area contributed by atoms with Crippen LogP contribution in [0.2, 0.25) is 0 Å². The molecule has 2 rings (SSSR count). The SMILES string of the molecule is Cc1cccc(C(=O)Nc2cccc(NS(C)(=O)=O)c2)c1C. The maximum absolute atomic E-state index is 12.3. The molecule has 1 amide bonds. The Morgan fingerprint density at radius 3 is 2.32 bits per heavy atom. The van der Waals surface area contributed by atoms with Crippen LogP contribution >= 0.6 is 0 Å². The number of hydrogen-bond donors (Lipinski definition) is 2. The number of carbonyl (C=O) groups excluding carboxylic acids is 1. The molecule has 0 unspecified atom stereocenters. The van der Waals surface area contributed by atoms with Crippen molar-refractivity contribution in [2.75, 3.05) is 16.3 Å². The molecule has 2 aromatic rings. The molecule has 0 fully saturated rings. The lowest BCUT2D eigenvalue weighted by atomic mass is 10.0. The van der Waals surface area contributed by atoms with E-state index in [-0.39, 0.29) is 5.91 Å². The van der Waals surface area contributed by atoms with Crippen LogP contribution in [0.3, 0.4) is 0 Å². The Hall–Kier alpha value is -2.34. The minimum absolute atomic E-state index is 0.224. The number of sulfonamides is 1. The zero-order valence-electron chi connectivity index (χ0n) is 12.7. The lowest BCUT2D eigenvalue weighted by Gasteiger charge is -2.11. The van der Waals surface area contributed by atoms with E-state index in [4.69, 9.17) is 0 Å². The molecule has 2 N–H and O–H groups in total. The number of nitrogens with one attached hydrogen (secondary N) is 2. The minimum atomic E-state index is -3.35. The van der Waals surface area contributed by atoms with Crippen LogP contribution in [-0.2, 0) is 10.0 Å². The van der Waals surface area contributed by atoms with Crippen molar-refractivity contribution >= 4 is 27.3 Å². The summed E-state index contributed by atoms with van der Waals surface area (Å²) in [6, 6.07) is 12.1. The number of carbonyl (C=O) groups is 1. The lowest BCUT2D eigenvalue weighted by Crippen LogP contribution is -2.14. The predicted molar refractivity (Wildman–Crippen MR) is 88.8 cm³/mol. The van der Waals surface area contributed by atoms with E-state index in [9.17, 15) is 13.2 Å². The average molecular weight is 318 g/mol. The minimum Gasteiger partial charge on any atom is -0.322 e. The molecule has 0 bridgehead atoms. The molecule has 0 aliphatic carbocycles. The van der Waals surface area contributed by atoms with E-state index >= 15 is 0 Å². The van der Waals surface area contributed by atoms with Gasteiger partial charge in [0.1, 0.15) is 0 Å². The molecular formula is C16H18N2O3S. The number of amides is 1. The second-order valence-corrected chi connectivity index (χ2v) is 6.91. The molecule has 0 aliphatic rings. The lowest BCUT2D eigenvalue weighted by molar-refractivity contribution is 0.102. The van der Waals surface area contributed by atoms with E-state index in [0.717, 1.165) is 17.4 Å². The van der Waals surface area contributed by atoms with Gasteiger partial charge in [-0.25, -0.2) is 8.42 Å². The first-order chi connectivity index (χ1) is 10.3. The smallest absolute Gasteiger partial charge is 0.255 e. The highest BCUT2D eigenvalue weighted by molar-refractivity contribution is 7.92. The molecule has 0 spiro atoms. The van der Waals surface area contributed by atoms with Gasteiger partial charge in [-0.05, 0) is 49.2 Å². The largest absolute Gasteiger partial charge is 0.322 e. The molecule has 0 aliphatic heterocycles. The van der Waals surface area contributed by atoms with Crippen LogP contribution in [0.4, 0.5) is 11.4 Å². The monoisotopic (exact) mass is 318 g/mol. The van der Waals surface area contributed by atoms with Gasteiger partial charge in [0.05, 0.1) is 11.9 Å². The molecule has 5 nitrogen and oxygen atoms in total. The Balaban J connectivity index is 2.22. The molecule has 2 aromatic carbocycles. The molecular weight excluding hydrogens is 300 g/mol. The fourth-order valence-corrected chi connectivity index (χ4v) is 2.63. The normalized spacial score (nSPS) is 11.0. The molecule has 116 valence electrons. The van der Waals surface area contributed by atoms with Crippen LogP contribution in [0.5, 0.6) is 0 Å². The van der Waals surface area contributed by atoms with E-state index in [0.29, 0.717) is 16.9 Å². The van der Waals surface area contributed by atoms with Crippen molar-refractivity contribution in [3.05, 3.63) is 59.2 Å². The van der Waals surface area contributed by atoms with Gasteiger partial charge in [0.15, 0.2) is 0 Å². The Kier molecular flexibility index (Phi) is 4.51. The summed E-state index contributed by atoms with van der Waals surface area (Å²) < 4.78 is 24.9. The first kappa shape index (κ1) is 16.0. The fraction of sp³-hybridized carbons (Fsp3) is 0.188. The van der Waals surface area contributed by atoms with Crippen LogP contribution in [0.25, 0.3) is 0 Å². The zero-order valence-corrected chi connectivity index (χ0v) is 13.5. The van der Waals surface area contributed by atoms with Gasteiger partial charge in [0.2, 0.25) is 10.0 Å². The van der Waals surface area contributed by atoms with Crippen molar-refractivity contribution in [3.8, 4) is 0 Å². The molecule has 0 aromatic heterocycles. The van der Waals surface area contributed by atoms with Crippen molar-refractivity contribution in [2.24, 2.45) is 0 Å². The van der Waals surface area contributed by atoms with Crippen molar-refractivity contribution in [2.45, 2.75) is 13.8 Å². The molecule has 6 heteroatoms. The maximum atomic E-state index is 12.3.